The minimum Gasteiger partial charge on any atom is -0.346 e. The largest absolute Gasteiger partial charge is 0.405 e. The Hall–Kier alpha value is -1.31. The highest BCUT2D eigenvalue weighted by atomic mass is 19.4. The van der Waals surface area contributed by atoms with Crippen LogP contribution in [0.3, 0.4) is 0 Å². The Morgan fingerprint density at radius 2 is 1.94 bits per heavy atom. The number of hydrogen-bond acceptors (Lipinski definition) is 3. The van der Waals surface area contributed by atoms with E-state index in [1.165, 1.54) is 0 Å². The number of piperidine rings is 1. The van der Waals surface area contributed by atoms with Crippen LogP contribution >= 0.6 is 0 Å². The van der Waals surface area contributed by atoms with Crippen LogP contribution in [0.5, 0.6) is 0 Å². The molecule has 1 fully saturated rings. The maximum absolute atomic E-state index is 11.8. The number of nitrogens with one attached hydrogen (secondary N) is 3. The molecule has 1 rings (SSSR count). The molecule has 8 heteroatoms. The van der Waals surface area contributed by atoms with E-state index in [0.29, 0.717) is 6.42 Å². The summed E-state index contributed by atoms with van der Waals surface area (Å²) in [5.41, 5.74) is 0. The Kier molecular flexibility index (Phi) is 5.39. The van der Waals surface area contributed by atoms with Crippen LogP contribution in [-0.2, 0) is 9.59 Å². The highest BCUT2D eigenvalue weighted by Crippen LogP contribution is 2.11. The second kappa shape index (κ2) is 6.58. The Labute approximate surface area is 102 Å². The monoisotopic (exact) mass is 267 g/mol. The molecule has 1 aliphatic heterocycles. The van der Waals surface area contributed by atoms with Gasteiger partial charge in [0.05, 0.1) is 12.6 Å². The fourth-order valence-electron chi connectivity index (χ4n) is 1.63. The number of carbonyl (C=O) groups is 2. The molecule has 1 heterocycles. The molecule has 1 atom stereocenters. The van der Waals surface area contributed by atoms with E-state index in [-0.39, 0.29) is 11.9 Å². The van der Waals surface area contributed by atoms with Gasteiger partial charge in [0.2, 0.25) is 11.8 Å². The van der Waals surface area contributed by atoms with Crippen LogP contribution in [0.2, 0.25) is 0 Å². The first kappa shape index (κ1) is 14.7. The average molecular weight is 267 g/mol. The molecule has 0 radical (unpaired) electrons. The molecule has 5 nitrogen and oxygen atoms in total. The van der Waals surface area contributed by atoms with Crippen LogP contribution in [-0.4, -0.2) is 43.7 Å². The Morgan fingerprint density at radius 1 is 1.22 bits per heavy atom. The summed E-state index contributed by atoms with van der Waals surface area (Å²) in [7, 11) is 0. The molecule has 1 unspecified atom stereocenters. The minimum absolute atomic E-state index is 0.350. The van der Waals surface area contributed by atoms with E-state index in [4.69, 9.17) is 0 Å². The molecule has 0 bridgehead atoms. The van der Waals surface area contributed by atoms with E-state index >= 15 is 0 Å². The summed E-state index contributed by atoms with van der Waals surface area (Å²) in [6, 6.07) is -0.353. The average Bonchev–Trinajstić information content (AvgIpc) is 2.33. The van der Waals surface area contributed by atoms with Gasteiger partial charge in [-0.1, -0.05) is 6.42 Å². The van der Waals surface area contributed by atoms with Crippen molar-refractivity contribution < 1.29 is 22.8 Å². The lowest BCUT2D eigenvalue weighted by molar-refractivity contribution is -0.138. The molecule has 2 amide bonds. The van der Waals surface area contributed by atoms with Gasteiger partial charge in [-0.25, -0.2) is 0 Å². The van der Waals surface area contributed by atoms with Crippen molar-refractivity contribution >= 4 is 11.8 Å². The maximum atomic E-state index is 11.8. The van der Waals surface area contributed by atoms with Gasteiger partial charge >= 0.3 is 6.18 Å². The molecule has 1 aliphatic rings. The van der Waals surface area contributed by atoms with E-state index in [0.717, 1.165) is 19.4 Å². The molecular weight excluding hydrogens is 251 g/mol. The van der Waals surface area contributed by atoms with Crippen LogP contribution in [0.15, 0.2) is 0 Å². The highest BCUT2D eigenvalue weighted by molar-refractivity contribution is 5.87. The lowest BCUT2D eigenvalue weighted by Gasteiger charge is -2.22. The van der Waals surface area contributed by atoms with E-state index in [9.17, 15) is 22.8 Å². The fraction of sp³-hybridized carbons (Fsp3) is 0.800. The van der Waals surface area contributed by atoms with E-state index in [1.54, 1.807) is 5.32 Å². The Balaban J connectivity index is 2.19. The topological polar surface area (TPSA) is 70.2 Å². The second-order valence-electron chi connectivity index (χ2n) is 4.11. The molecule has 0 aromatic rings. The molecule has 0 aromatic carbocycles. The number of amides is 2. The van der Waals surface area contributed by atoms with Crippen molar-refractivity contribution in [3.63, 3.8) is 0 Å². The first-order valence-electron chi connectivity index (χ1n) is 5.73. The number of halogens is 3. The van der Waals surface area contributed by atoms with Gasteiger partial charge < -0.3 is 16.0 Å². The third-order valence-electron chi connectivity index (χ3n) is 2.54. The summed E-state index contributed by atoms with van der Waals surface area (Å²) in [6.45, 7) is -1.09. The van der Waals surface area contributed by atoms with E-state index < -0.39 is 25.2 Å². The quantitative estimate of drug-likeness (QED) is 0.667. The van der Waals surface area contributed by atoms with Crippen LogP contribution in [0, 0.1) is 0 Å². The van der Waals surface area contributed by atoms with Gasteiger partial charge in [0, 0.05) is 0 Å². The van der Waals surface area contributed by atoms with Gasteiger partial charge in [-0.15, -0.1) is 0 Å². The predicted molar refractivity (Wildman–Crippen MR) is 57.7 cm³/mol. The summed E-state index contributed by atoms with van der Waals surface area (Å²) < 4.78 is 35.4. The third kappa shape index (κ3) is 5.85. The molecule has 1 saturated heterocycles. The standard InChI is InChI=1S/C10H16F3N3O2/c11-10(12,13)6-16-8(17)5-15-9(18)7-3-1-2-4-14-7/h7,14H,1-6H2,(H,15,18)(H,16,17). The normalized spacial score (nSPS) is 20.3. The smallest absolute Gasteiger partial charge is 0.346 e. The van der Waals surface area contributed by atoms with Crippen LogP contribution in [0.1, 0.15) is 19.3 Å². The molecule has 0 saturated carbocycles. The molecule has 0 spiro atoms. The van der Waals surface area contributed by atoms with Crippen molar-refractivity contribution in [2.45, 2.75) is 31.5 Å². The SMILES string of the molecule is O=C(CNC(=O)C1CCCCN1)NCC(F)(F)F. The molecule has 0 aliphatic carbocycles. The lowest BCUT2D eigenvalue weighted by Crippen LogP contribution is -2.49. The lowest BCUT2D eigenvalue weighted by atomic mass is 10.0. The van der Waals surface area contributed by atoms with Gasteiger partial charge in [-0.2, -0.15) is 13.2 Å². The predicted octanol–water partition coefficient (Wildman–Crippen LogP) is -0.0768. The van der Waals surface area contributed by atoms with E-state index in [2.05, 4.69) is 10.6 Å². The number of alkyl halides is 3. The molecule has 3 N–H and O–H groups in total. The minimum atomic E-state index is -4.44. The van der Waals surface area contributed by atoms with Gasteiger partial charge in [0.1, 0.15) is 6.54 Å². The summed E-state index contributed by atoms with van der Waals surface area (Å²) in [5, 5.41) is 6.96. The van der Waals surface area contributed by atoms with Crippen LogP contribution in [0.25, 0.3) is 0 Å². The van der Waals surface area contributed by atoms with Gasteiger partial charge in [0.25, 0.3) is 0 Å². The Bertz CT molecular complexity index is 301. The van der Waals surface area contributed by atoms with Crippen molar-refractivity contribution in [2.75, 3.05) is 19.6 Å². The molecule has 0 aromatic heterocycles. The van der Waals surface area contributed by atoms with Crippen molar-refractivity contribution in [3.05, 3.63) is 0 Å². The molecule has 104 valence electrons. The number of carbonyl (C=O) groups excluding carboxylic acids is 2. The number of rotatable bonds is 4. The van der Waals surface area contributed by atoms with Crippen molar-refractivity contribution in [3.8, 4) is 0 Å². The van der Waals surface area contributed by atoms with E-state index in [1.807, 2.05) is 0 Å². The second-order valence-corrected chi connectivity index (χ2v) is 4.11. The third-order valence-corrected chi connectivity index (χ3v) is 2.54. The fourth-order valence-corrected chi connectivity index (χ4v) is 1.63. The van der Waals surface area contributed by atoms with Crippen molar-refractivity contribution in [1.82, 2.24) is 16.0 Å². The van der Waals surface area contributed by atoms with Crippen LogP contribution < -0.4 is 16.0 Å². The summed E-state index contributed by atoms with van der Waals surface area (Å²) in [6.07, 6.45) is -1.85. The maximum Gasteiger partial charge on any atom is 0.405 e. The van der Waals surface area contributed by atoms with Crippen molar-refractivity contribution in [2.24, 2.45) is 0 Å². The summed E-state index contributed by atoms with van der Waals surface area (Å²) >= 11 is 0. The van der Waals surface area contributed by atoms with Gasteiger partial charge in [-0.3, -0.25) is 9.59 Å². The number of hydrogen-bond donors (Lipinski definition) is 3. The highest BCUT2D eigenvalue weighted by Gasteiger charge is 2.28. The van der Waals surface area contributed by atoms with Crippen LogP contribution in [0.4, 0.5) is 13.2 Å². The van der Waals surface area contributed by atoms with Gasteiger partial charge in [0.15, 0.2) is 0 Å². The zero-order valence-electron chi connectivity index (χ0n) is 9.77. The Morgan fingerprint density at radius 3 is 2.50 bits per heavy atom. The van der Waals surface area contributed by atoms with Crippen molar-refractivity contribution in [1.29, 1.82) is 0 Å². The molecule has 18 heavy (non-hydrogen) atoms. The zero-order chi connectivity index (χ0) is 13.6. The summed E-state index contributed by atoms with van der Waals surface area (Å²) in [5.74, 6) is -1.20. The van der Waals surface area contributed by atoms with Gasteiger partial charge in [-0.05, 0) is 19.4 Å². The zero-order valence-corrected chi connectivity index (χ0v) is 9.77. The first-order valence-corrected chi connectivity index (χ1v) is 5.73. The molecular formula is C10H16F3N3O2. The first-order chi connectivity index (χ1) is 8.38. The summed E-state index contributed by atoms with van der Waals surface area (Å²) in [4.78, 5) is 22.6.